The lowest BCUT2D eigenvalue weighted by atomic mass is 9.91. The summed E-state index contributed by atoms with van der Waals surface area (Å²) in [7, 11) is 1.81. The second-order valence-electron chi connectivity index (χ2n) is 9.44. The van der Waals surface area contributed by atoms with Crippen LogP contribution in [0.5, 0.6) is 0 Å². The number of aryl methyl sites for hydroxylation is 2. The lowest BCUT2D eigenvalue weighted by Gasteiger charge is -2.31. The number of aromatic nitrogens is 2. The quantitative estimate of drug-likeness (QED) is 0.485. The van der Waals surface area contributed by atoms with Gasteiger partial charge in [0.25, 0.3) is 0 Å². The number of thiazole rings is 1. The average Bonchev–Trinajstić information content (AvgIpc) is 3.55. The van der Waals surface area contributed by atoms with E-state index in [0.717, 1.165) is 33.8 Å². The molecule has 1 aromatic carbocycles. The van der Waals surface area contributed by atoms with E-state index in [2.05, 4.69) is 34.4 Å². The third-order valence-electron chi connectivity index (χ3n) is 6.46. The van der Waals surface area contributed by atoms with Gasteiger partial charge in [-0.2, -0.15) is 0 Å². The maximum Gasteiger partial charge on any atom is 0.245 e. The number of rotatable bonds is 7. The van der Waals surface area contributed by atoms with Crippen LogP contribution in [0.4, 0.5) is 0 Å². The van der Waals surface area contributed by atoms with Crippen molar-refractivity contribution in [3.8, 4) is 10.4 Å². The molecule has 0 aliphatic carbocycles. The second-order valence-corrected chi connectivity index (χ2v) is 10.3. The molecule has 3 aromatic rings. The first kappa shape index (κ1) is 24.1. The molecule has 180 valence electrons. The van der Waals surface area contributed by atoms with E-state index in [9.17, 15) is 9.59 Å². The van der Waals surface area contributed by atoms with E-state index in [-0.39, 0.29) is 17.7 Å². The first-order valence-corrected chi connectivity index (χ1v) is 12.6. The number of hydrogen-bond donors (Lipinski definition) is 0. The molecule has 2 atom stereocenters. The maximum absolute atomic E-state index is 13.5. The zero-order valence-electron chi connectivity index (χ0n) is 20.4. The minimum absolute atomic E-state index is 0.0236. The van der Waals surface area contributed by atoms with Gasteiger partial charge in [-0.05, 0) is 43.7 Å². The van der Waals surface area contributed by atoms with Crippen LogP contribution in [0.2, 0.25) is 0 Å². The first-order valence-electron chi connectivity index (χ1n) is 11.7. The number of nitrogens with zero attached hydrogens (tertiary/aromatic N) is 4. The fourth-order valence-corrected chi connectivity index (χ4v) is 5.49. The van der Waals surface area contributed by atoms with Crippen molar-refractivity contribution in [2.75, 3.05) is 13.6 Å². The Bertz CT molecular complexity index is 1150. The summed E-state index contributed by atoms with van der Waals surface area (Å²) in [5, 5.41) is 3.96. The minimum Gasteiger partial charge on any atom is -0.360 e. The average molecular weight is 481 g/mol. The van der Waals surface area contributed by atoms with Gasteiger partial charge in [0.2, 0.25) is 11.8 Å². The van der Waals surface area contributed by atoms with Gasteiger partial charge in [0.15, 0.2) is 0 Å². The Kier molecular flexibility index (Phi) is 7.16. The van der Waals surface area contributed by atoms with E-state index in [1.165, 1.54) is 0 Å². The summed E-state index contributed by atoms with van der Waals surface area (Å²) < 4.78 is 5.44. The van der Waals surface area contributed by atoms with Gasteiger partial charge >= 0.3 is 0 Å². The zero-order valence-corrected chi connectivity index (χ0v) is 21.3. The number of carbonyl (C=O) groups is 2. The van der Waals surface area contributed by atoms with E-state index in [1.807, 2.05) is 46.3 Å². The van der Waals surface area contributed by atoms with Crippen molar-refractivity contribution in [3.63, 3.8) is 0 Å². The monoisotopic (exact) mass is 480 g/mol. The molecule has 1 aliphatic heterocycles. The van der Waals surface area contributed by atoms with Crippen molar-refractivity contribution in [2.45, 2.75) is 59.0 Å². The van der Waals surface area contributed by atoms with Gasteiger partial charge in [-0.3, -0.25) is 9.59 Å². The predicted octanol–water partition coefficient (Wildman–Crippen LogP) is 4.80. The van der Waals surface area contributed by atoms with Crippen molar-refractivity contribution >= 4 is 23.2 Å². The Labute approximate surface area is 204 Å². The predicted molar refractivity (Wildman–Crippen MR) is 132 cm³/mol. The minimum atomic E-state index is -0.443. The van der Waals surface area contributed by atoms with Crippen LogP contribution in [0.1, 0.15) is 55.3 Å². The van der Waals surface area contributed by atoms with E-state index >= 15 is 0 Å². The Morgan fingerprint density at radius 3 is 2.56 bits per heavy atom. The van der Waals surface area contributed by atoms with Gasteiger partial charge in [0.05, 0.1) is 21.8 Å². The number of amides is 2. The summed E-state index contributed by atoms with van der Waals surface area (Å²) in [4.78, 5) is 35.9. The van der Waals surface area contributed by atoms with Crippen LogP contribution in [0.15, 0.2) is 40.4 Å². The lowest BCUT2D eigenvalue weighted by molar-refractivity contribution is -0.145. The number of hydrogen-bond acceptors (Lipinski definition) is 6. The van der Waals surface area contributed by atoms with Crippen LogP contribution in [-0.4, -0.2) is 51.4 Å². The smallest absolute Gasteiger partial charge is 0.245 e. The molecule has 3 heterocycles. The third kappa shape index (κ3) is 4.92. The number of benzene rings is 1. The molecule has 7 nitrogen and oxygen atoms in total. The normalized spacial score (nSPS) is 16.8. The molecule has 1 aliphatic rings. The van der Waals surface area contributed by atoms with Crippen molar-refractivity contribution in [2.24, 2.45) is 5.92 Å². The summed E-state index contributed by atoms with van der Waals surface area (Å²) in [5.74, 6) is 0.0849. The van der Waals surface area contributed by atoms with Gasteiger partial charge in [-0.25, -0.2) is 4.98 Å². The van der Waals surface area contributed by atoms with Crippen molar-refractivity contribution in [1.82, 2.24) is 19.9 Å². The Morgan fingerprint density at radius 2 is 1.97 bits per heavy atom. The van der Waals surface area contributed by atoms with Gasteiger partial charge in [0.1, 0.15) is 17.7 Å². The van der Waals surface area contributed by atoms with Crippen LogP contribution in [0, 0.1) is 19.8 Å². The third-order valence-corrected chi connectivity index (χ3v) is 7.44. The van der Waals surface area contributed by atoms with Crippen LogP contribution < -0.4 is 0 Å². The van der Waals surface area contributed by atoms with Crippen molar-refractivity contribution in [3.05, 3.63) is 58.6 Å². The highest BCUT2D eigenvalue weighted by atomic mass is 32.1. The van der Waals surface area contributed by atoms with Crippen LogP contribution in [0.3, 0.4) is 0 Å². The summed E-state index contributed by atoms with van der Waals surface area (Å²) in [6.45, 7) is 8.93. The standard InChI is InChI=1S/C26H32N4O3S/c1-16(2)23(22-13-17(3)28-33-22)26(32)30-12-6-7-21(30)25(31)29(5)14-19-8-10-20(11-9-19)24-18(4)27-15-34-24/h8-11,13,15-16,21,23H,6-7,12,14H2,1-5H3/t21-,23?/m0/s1. The van der Waals surface area contributed by atoms with Gasteiger partial charge < -0.3 is 14.3 Å². The number of likely N-dealkylation sites (tertiary alicyclic amines) is 1. The van der Waals surface area contributed by atoms with Crippen molar-refractivity contribution in [1.29, 1.82) is 0 Å². The summed E-state index contributed by atoms with van der Waals surface area (Å²) in [6, 6.07) is 9.63. The Balaban J connectivity index is 1.45. The van der Waals surface area contributed by atoms with E-state index in [1.54, 1.807) is 21.1 Å². The highest BCUT2D eigenvalue weighted by Gasteiger charge is 2.40. The molecule has 1 fully saturated rings. The van der Waals surface area contributed by atoms with Crippen LogP contribution in [0.25, 0.3) is 10.4 Å². The summed E-state index contributed by atoms with van der Waals surface area (Å²) in [6.07, 6.45) is 1.50. The molecular formula is C26H32N4O3S. The lowest BCUT2D eigenvalue weighted by Crippen LogP contribution is -2.48. The molecule has 2 amide bonds. The van der Waals surface area contributed by atoms with Gasteiger partial charge in [0, 0.05) is 26.2 Å². The van der Waals surface area contributed by atoms with Crippen LogP contribution >= 0.6 is 11.3 Å². The molecule has 8 heteroatoms. The highest BCUT2D eigenvalue weighted by Crippen LogP contribution is 2.32. The molecule has 4 rings (SSSR count). The number of likely N-dealkylation sites (N-methyl/N-ethyl adjacent to an activating group) is 1. The van der Waals surface area contributed by atoms with Crippen LogP contribution in [-0.2, 0) is 16.1 Å². The van der Waals surface area contributed by atoms with Gasteiger partial charge in [-0.15, -0.1) is 11.3 Å². The van der Waals surface area contributed by atoms with E-state index in [0.29, 0.717) is 25.3 Å². The van der Waals surface area contributed by atoms with Crippen molar-refractivity contribution < 1.29 is 14.1 Å². The molecule has 0 radical (unpaired) electrons. The molecule has 1 saturated heterocycles. The highest BCUT2D eigenvalue weighted by molar-refractivity contribution is 7.13. The Morgan fingerprint density at radius 1 is 1.24 bits per heavy atom. The molecule has 2 aromatic heterocycles. The molecule has 0 saturated carbocycles. The summed E-state index contributed by atoms with van der Waals surface area (Å²) in [5.41, 5.74) is 5.81. The fourth-order valence-electron chi connectivity index (χ4n) is 4.68. The molecular weight excluding hydrogens is 448 g/mol. The fraction of sp³-hybridized carbons (Fsp3) is 0.462. The molecule has 0 N–H and O–H groups in total. The maximum atomic E-state index is 13.5. The molecule has 1 unspecified atom stereocenters. The second kappa shape index (κ2) is 10.1. The van der Waals surface area contributed by atoms with E-state index in [4.69, 9.17) is 4.52 Å². The summed E-state index contributed by atoms with van der Waals surface area (Å²) >= 11 is 1.63. The number of carbonyl (C=O) groups excluding carboxylic acids is 2. The molecule has 34 heavy (non-hydrogen) atoms. The Hall–Kier alpha value is -3.00. The van der Waals surface area contributed by atoms with Gasteiger partial charge in [-0.1, -0.05) is 43.3 Å². The topological polar surface area (TPSA) is 79.5 Å². The molecule has 0 bridgehead atoms. The molecule has 0 spiro atoms. The zero-order chi connectivity index (χ0) is 24.4. The first-order chi connectivity index (χ1) is 16.3. The van der Waals surface area contributed by atoms with E-state index < -0.39 is 12.0 Å². The largest absolute Gasteiger partial charge is 0.360 e. The SMILES string of the molecule is Cc1cc(C(C(=O)N2CCC[C@H]2C(=O)N(C)Cc2ccc(-c3scnc3C)cc2)C(C)C)on1.